The first kappa shape index (κ1) is 17.8. The molecule has 0 atom stereocenters. The van der Waals surface area contributed by atoms with Crippen molar-refractivity contribution in [1.29, 1.82) is 0 Å². The van der Waals surface area contributed by atoms with E-state index in [1.807, 2.05) is 30.3 Å². The molecule has 3 rings (SSSR count). The van der Waals surface area contributed by atoms with Crippen LogP contribution >= 0.6 is 0 Å². The van der Waals surface area contributed by atoms with Gasteiger partial charge in [0.1, 0.15) is 11.2 Å². The van der Waals surface area contributed by atoms with E-state index < -0.39 is 21.0 Å². The highest BCUT2D eigenvalue weighted by Gasteiger charge is 2.31. The van der Waals surface area contributed by atoms with Crippen molar-refractivity contribution in [3.05, 3.63) is 48.0 Å². The second-order valence-electron chi connectivity index (χ2n) is 5.90. The number of aryl methyl sites for hydroxylation is 1. The van der Waals surface area contributed by atoms with Crippen molar-refractivity contribution in [3.63, 3.8) is 0 Å². The third kappa shape index (κ3) is 2.88. The van der Waals surface area contributed by atoms with E-state index in [0.717, 1.165) is 16.7 Å². The second kappa shape index (κ2) is 6.37. The summed E-state index contributed by atoms with van der Waals surface area (Å²) in [6.07, 6.45) is 1.08. The quantitative estimate of drug-likeness (QED) is 0.687. The lowest BCUT2D eigenvalue weighted by atomic mass is 10.3. The van der Waals surface area contributed by atoms with Crippen LogP contribution in [-0.4, -0.2) is 58.0 Å². The Bertz CT molecular complexity index is 1070. The summed E-state index contributed by atoms with van der Waals surface area (Å²) in [5.74, 6) is 0. The molecule has 0 bridgehead atoms. The van der Waals surface area contributed by atoms with Crippen molar-refractivity contribution in [3.8, 4) is 5.69 Å². The fraction of sp³-hybridized carbons (Fsp3) is 0.250. The lowest BCUT2D eigenvalue weighted by Crippen LogP contribution is -2.27. The fourth-order valence-corrected chi connectivity index (χ4v) is 4.07. The van der Waals surface area contributed by atoms with Crippen molar-refractivity contribution in [1.82, 2.24) is 29.4 Å². The van der Waals surface area contributed by atoms with Crippen LogP contribution in [0.15, 0.2) is 46.7 Å². The first-order chi connectivity index (χ1) is 12.2. The molecule has 2 heterocycles. The Morgan fingerprint density at radius 1 is 1.08 bits per heavy atom. The van der Waals surface area contributed by atoms with E-state index >= 15 is 0 Å². The third-order valence-corrected chi connectivity index (χ3v) is 5.58. The third-order valence-electron chi connectivity index (χ3n) is 3.78. The summed E-state index contributed by atoms with van der Waals surface area (Å²) in [7, 11) is -0.947. The molecule has 0 N–H and O–H groups in total. The van der Waals surface area contributed by atoms with Gasteiger partial charge in [-0.1, -0.05) is 18.2 Å². The van der Waals surface area contributed by atoms with Crippen LogP contribution < -0.4 is 0 Å². The summed E-state index contributed by atoms with van der Waals surface area (Å²) in [5, 5.41) is 7.74. The highest BCUT2D eigenvalue weighted by molar-refractivity contribution is 7.91. The van der Waals surface area contributed by atoms with Crippen molar-refractivity contribution in [2.45, 2.75) is 23.9 Å². The minimum absolute atomic E-state index is 0.0383. The second-order valence-corrected chi connectivity index (χ2v) is 7.68. The summed E-state index contributed by atoms with van der Waals surface area (Å²) in [6, 6.07) is 8.72. The maximum Gasteiger partial charge on any atom is 0.345 e. The van der Waals surface area contributed by atoms with E-state index in [0.29, 0.717) is 11.4 Å². The average molecular weight is 374 g/mol. The van der Waals surface area contributed by atoms with Gasteiger partial charge in [-0.2, -0.15) is 9.78 Å². The zero-order chi connectivity index (χ0) is 19.1. The minimum Gasteiger partial charge on any atom is -0.329 e. The van der Waals surface area contributed by atoms with Crippen molar-refractivity contribution < 1.29 is 13.2 Å². The maximum absolute atomic E-state index is 13.0. The molecule has 9 nitrogen and oxygen atoms in total. The van der Waals surface area contributed by atoms with Gasteiger partial charge in [-0.3, -0.25) is 0 Å². The molecule has 0 spiro atoms. The van der Waals surface area contributed by atoms with Crippen LogP contribution in [0, 0.1) is 13.8 Å². The summed E-state index contributed by atoms with van der Waals surface area (Å²) in [6.45, 7) is 3.28. The van der Waals surface area contributed by atoms with Crippen LogP contribution in [0.3, 0.4) is 0 Å². The molecule has 0 fully saturated rings. The predicted molar refractivity (Wildman–Crippen MR) is 93.0 cm³/mol. The highest BCUT2D eigenvalue weighted by Crippen LogP contribution is 2.26. The summed E-state index contributed by atoms with van der Waals surface area (Å²) < 4.78 is 28.5. The van der Waals surface area contributed by atoms with Gasteiger partial charge in [0.25, 0.3) is 5.16 Å². The van der Waals surface area contributed by atoms with Gasteiger partial charge < -0.3 is 4.90 Å². The lowest BCUT2D eigenvalue weighted by Gasteiger charge is -2.08. The average Bonchev–Trinajstić information content (AvgIpc) is 3.20. The fourth-order valence-electron chi connectivity index (χ4n) is 2.60. The number of hydrogen-bond donors (Lipinski definition) is 0. The number of hydrogen-bond acceptors (Lipinski definition) is 6. The van der Waals surface area contributed by atoms with Gasteiger partial charge in [0.2, 0.25) is 9.84 Å². The standard InChI is InChI=1S/C16H18N6O3S/c1-11-14(12(2)22(18-11)13-8-6-5-7-9-13)26(24,25)15-17-10-21(19-15)16(23)20(3)4/h5-10H,1-4H3. The van der Waals surface area contributed by atoms with E-state index in [9.17, 15) is 13.2 Å². The van der Waals surface area contributed by atoms with Gasteiger partial charge in [0.05, 0.1) is 17.1 Å². The zero-order valence-electron chi connectivity index (χ0n) is 14.8. The first-order valence-electron chi connectivity index (χ1n) is 7.73. The molecule has 1 amide bonds. The molecule has 3 aromatic rings. The monoisotopic (exact) mass is 374 g/mol. The number of rotatable bonds is 3. The normalized spacial score (nSPS) is 11.5. The number of aromatic nitrogens is 5. The lowest BCUT2D eigenvalue weighted by molar-refractivity contribution is 0.215. The van der Waals surface area contributed by atoms with E-state index in [1.165, 1.54) is 19.0 Å². The molecule has 10 heteroatoms. The van der Waals surface area contributed by atoms with Gasteiger partial charge >= 0.3 is 6.03 Å². The number of nitrogens with zero attached hydrogens (tertiary/aromatic N) is 6. The van der Waals surface area contributed by atoms with Gasteiger partial charge in [0, 0.05) is 14.1 Å². The molecular formula is C16H18N6O3S. The molecule has 0 aliphatic rings. The minimum atomic E-state index is -4.02. The Morgan fingerprint density at radius 2 is 1.73 bits per heavy atom. The summed E-state index contributed by atoms with van der Waals surface area (Å²) in [5.41, 5.74) is 1.53. The number of sulfone groups is 1. The predicted octanol–water partition coefficient (Wildman–Crippen LogP) is 1.44. The van der Waals surface area contributed by atoms with Crippen LogP contribution in [0.25, 0.3) is 5.69 Å². The molecular weight excluding hydrogens is 356 g/mol. The van der Waals surface area contributed by atoms with E-state index in [2.05, 4.69) is 15.2 Å². The van der Waals surface area contributed by atoms with E-state index in [1.54, 1.807) is 18.5 Å². The first-order valence-corrected chi connectivity index (χ1v) is 9.22. The van der Waals surface area contributed by atoms with Crippen molar-refractivity contribution in [2.75, 3.05) is 14.1 Å². The van der Waals surface area contributed by atoms with E-state index in [-0.39, 0.29) is 4.90 Å². The smallest absolute Gasteiger partial charge is 0.329 e. The van der Waals surface area contributed by atoms with Crippen molar-refractivity contribution >= 4 is 15.9 Å². The molecule has 26 heavy (non-hydrogen) atoms. The van der Waals surface area contributed by atoms with Gasteiger partial charge in [-0.15, -0.1) is 5.10 Å². The number of benzene rings is 1. The molecule has 0 unspecified atom stereocenters. The topological polar surface area (TPSA) is 103 Å². The number of carbonyl (C=O) groups is 1. The number of para-hydroxylation sites is 1. The van der Waals surface area contributed by atoms with Crippen LogP contribution in [0.1, 0.15) is 11.4 Å². The van der Waals surface area contributed by atoms with Crippen LogP contribution in [0.2, 0.25) is 0 Å². The zero-order valence-corrected chi connectivity index (χ0v) is 15.6. The molecule has 0 radical (unpaired) electrons. The molecule has 2 aromatic heterocycles. The molecule has 0 aliphatic heterocycles. The van der Waals surface area contributed by atoms with Crippen LogP contribution in [0.4, 0.5) is 4.79 Å². The molecule has 0 saturated heterocycles. The summed E-state index contributed by atoms with van der Waals surface area (Å²) in [4.78, 5) is 17.0. The Morgan fingerprint density at radius 3 is 2.35 bits per heavy atom. The molecule has 136 valence electrons. The maximum atomic E-state index is 13.0. The Labute approximate surface area is 150 Å². The molecule has 0 saturated carbocycles. The summed E-state index contributed by atoms with van der Waals surface area (Å²) >= 11 is 0. The van der Waals surface area contributed by atoms with Crippen LogP contribution in [-0.2, 0) is 9.84 Å². The van der Waals surface area contributed by atoms with Crippen molar-refractivity contribution in [2.24, 2.45) is 0 Å². The largest absolute Gasteiger partial charge is 0.345 e. The Kier molecular flexibility index (Phi) is 4.36. The Balaban J connectivity index is 2.09. The number of amides is 1. The number of carbonyl (C=O) groups excluding carboxylic acids is 1. The van der Waals surface area contributed by atoms with Gasteiger partial charge in [0.15, 0.2) is 0 Å². The van der Waals surface area contributed by atoms with Gasteiger partial charge in [-0.05, 0) is 26.0 Å². The Hall–Kier alpha value is -3.01. The van der Waals surface area contributed by atoms with Crippen LogP contribution in [0.5, 0.6) is 0 Å². The molecule has 1 aromatic carbocycles. The SMILES string of the molecule is Cc1nn(-c2ccccc2)c(C)c1S(=O)(=O)c1ncn(C(=O)N(C)C)n1. The molecule has 0 aliphatic carbocycles. The van der Waals surface area contributed by atoms with E-state index in [4.69, 9.17) is 0 Å². The van der Waals surface area contributed by atoms with Gasteiger partial charge in [-0.25, -0.2) is 22.9 Å². The highest BCUT2D eigenvalue weighted by atomic mass is 32.2.